The quantitative estimate of drug-likeness (QED) is 0.180. The molecule has 0 radical (unpaired) electrons. The van der Waals surface area contributed by atoms with Crippen molar-refractivity contribution in [3.63, 3.8) is 0 Å². The highest BCUT2D eigenvalue weighted by Crippen LogP contribution is 2.32. The van der Waals surface area contributed by atoms with Gasteiger partial charge in [-0.25, -0.2) is 20.4 Å². The fraction of sp³-hybridized carbons (Fsp3) is 0.333. The number of ether oxygens (including phenoxy) is 1. The van der Waals surface area contributed by atoms with E-state index in [9.17, 15) is 4.79 Å². The van der Waals surface area contributed by atoms with Crippen LogP contribution in [-0.4, -0.2) is 37.2 Å². The Hall–Kier alpha value is -3.29. The van der Waals surface area contributed by atoms with E-state index in [-0.39, 0.29) is 6.42 Å². The largest absolute Gasteiger partial charge is 0.494 e. The van der Waals surface area contributed by atoms with Crippen molar-refractivity contribution in [2.75, 3.05) is 12.3 Å². The van der Waals surface area contributed by atoms with Crippen molar-refractivity contribution in [2.45, 2.75) is 48.7 Å². The van der Waals surface area contributed by atoms with E-state index < -0.39 is 5.91 Å². The summed E-state index contributed by atoms with van der Waals surface area (Å²) >= 11 is 1.49. The van der Waals surface area contributed by atoms with Crippen LogP contribution in [0, 0.1) is 12.3 Å². The van der Waals surface area contributed by atoms with E-state index in [1.165, 1.54) is 18.1 Å². The number of nitrogens with one attached hydrogen (secondary N) is 1. The number of rotatable bonds is 11. The molecule has 2 aromatic heterocycles. The number of amides is 1. The summed E-state index contributed by atoms with van der Waals surface area (Å²) in [5.41, 5.74) is 8.87. The molecule has 0 aliphatic rings. The van der Waals surface area contributed by atoms with Gasteiger partial charge in [-0.15, -0.1) is 12.3 Å². The minimum atomic E-state index is -0.395. The van der Waals surface area contributed by atoms with Crippen molar-refractivity contribution in [2.24, 2.45) is 0 Å². The molecule has 0 aliphatic heterocycles. The Kier molecular flexibility index (Phi) is 8.09. The molecule has 0 unspecified atom stereocenters. The summed E-state index contributed by atoms with van der Waals surface area (Å²) in [7, 11) is 0. The summed E-state index contributed by atoms with van der Waals surface area (Å²) in [6, 6.07) is 7.70. The zero-order valence-corrected chi connectivity index (χ0v) is 17.8. The SMILES string of the molecule is C#CCCCn1c(Sc2cccc(OCCCCC(=O)NO)c2)nc2c(N)ncnc21. The number of aryl methyl sites for hydroxylation is 1. The second-order valence-electron chi connectivity index (χ2n) is 6.70. The number of nitrogens with two attached hydrogens (primary N) is 1. The number of carbonyl (C=O) groups excluding carboxylic acids is 1. The predicted molar refractivity (Wildman–Crippen MR) is 118 cm³/mol. The van der Waals surface area contributed by atoms with E-state index in [1.807, 2.05) is 28.8 Å². The van der Waals surface area contributed by atoms with Crippen molar-refractivity contribution in [3.8, 4) is 18.1 Å². The molecular formula is C21H24N6O3S. The maximum atomic E-state index is 11.0. The van der Waals surface area contributed by atoms with Gasteiger partial charge in [-0.1, -0.05) is 17.8 Å². The van der Waals surface area contributed by atoms with Crippen LogP contribution in [-0.2, 0) is 11.3 Å². The molecule has 2 heterocycles. The van der Waals surface area contributed by atoms with Crippen LogP contribution < -0.4 is 16.0 Å². The van der Waals surface area contributed by atoms with Gasteiger partial charge in [-0.2, -0.15) is 0 Å². The molecule has 0 saturated heterocycles. The summed E-state index contributed by atoms with van der Waals surface area (Å²) in [5, 5.41) is 9.26. The maximum absolute atomic E-state index is 11.0. The van der Waals surface area contributed by atoms with Crippen molar-refractivity contribution in [1.82, 2.24) is 25.0 Å². The molecule has 3 aromatic rings. The standard InChI is InChI=1S/C21H24N6O3S/c1-2-3-5-11-27-20-18(19(22)23-14-24-20)25-21(27)31-16-9-7-8-15(13-16)30-12-6-4-10-17(28)26-29/h1,7-9,13-14,29H,3-6,10-12H2,(H,26,28)(H2,22,23,24). The summed E-state index contributed by atoms with van der Waals surface area (Å²) < 4.78 is 7.80. The first-order valence-corrected chi connectivity index (χ1v) is 10.7. The number of hydrogen-bond acceptors (Lipinski definition) is 8. The molecule has 31 heavy (non-hydrogen) atoms. The minimum Gasteiger partial charge on any atom is -0.494 e. The fourth-order valence-corrected chi connectivity index (χ4v) is 3.88. The first kappa shape index (κ1) is 22.4. The molecule has 0 bridgehead atoms. The van der Waals surface area contributed by atoms with Gasteiger partial charge < -0.3 is 15.0 Å². The number of nitrogens with zero attached hydrogens (tertiary/aromatic N) is 4. The summed E-state index contributed by atoms with van der Waals surface area (Å²) in [5.74, 6) is 3.33. The van der Waals surface area contributed by atoms with Gasteiger partial charge in [0, 0.05) is 24.3 Å². The summed E-state index contributed by atoms with van der Waals surface area (Å²) in [4.78, 5) is 25.0. The van der Waals surface area contributed by atoms with Gasteiger partial charge in [0.15, 0.2) is 22.1 Å². The van der Waals surface area contributed by atoms with E-state index in [4.69, 9.17) is 22.1 Å². The van der Waals surface area contributed by atoms with Crippen LogP contribution in [0.4, 0.5) is 5.82 Å². The van der Waals surface area contributed by atoms with Crippen LogP contribution in [0.3, 0.4) is 0 Å². The van der Waals surface area contributed by atoms with Gasteiger partial charge in [0.1, 0.15) is 12.1 Å². The normalized spacial score (nSPS) is 10.7. The second-order valence-corrected chi connectivity index (χ2v) is 7.74. The number of unbranched alkanes of at least 4 members (excludes halogenated alkanes) is 2. The van der Waals surface area contributed by atoms with Crippen molar-refractivity contribution < 1.29 is 14.7 Å². The third-order valence-corrected chi connectivity index (χ3v) is 5.42. The Balaban J connectivity index is 1.70. The third kappa shape index (κ3) is 6.10. The number of carbonyl (C=O) groups is 1. The van der Waals surface area contributed by atoms with Crippen molar-refractivity contribution in [1.29, 1.82) is 0 Å². The number of benzene rings is 1. The molecule has 0 spiro atoms. The van der Waals surface area contributed by atoms with Crippen LogP contribution in [0.1, 0.15) is 32.1 Å². The Labute approximate surface area is 184 Å². The number of anilines is 1. The van der Waals surface area contributed by atoms with E-state index in [0.717, 1.165) is 22.2 Å². The number of fused-ring (bicyclic) bond motifs is 1. The molecule has 1 amide bonds. The molecule has 0 atom stereocenters. The number of aromatic nitrogens is 4. The van der Waals surface area contributed by atoms with Gasteiger partial charge in [0.25, 0.3) is 0 Å². The number of terminal acetylenes is 1. The zero-order chi connectivity index (χ0) is 22.1. The van der Waals surface area contributed by atoms with Gasteiger partial charge in [-0.3, -0.25) is 10.0 Å². The van der Waals surface area contributed by atoms with E-state index in [1.54, 1.807) is 5.48 Å². The van der Waals surface area contributed by atoms with Gasteiger partial charge in [0.05, 0.1) is 6.61 Å². The molecule has 9 nitrogen and oxygen atoms in total. The van der Waals surface area contributed by atoms with Crippen molar-refractivity contribution >= 4 is 34.7 Å². The van der Waals surface area contributed by atoms with Gasteiger partial charge in [-0.05, 0) is 37.5 Å². The average molecular weight is 441 g/mol. The molecule has 10 heteroatoms. The topological polar surface area (TPSA) is 128 Å². The van der Waals surface area contributed by atoms with Gasteiger partial charge in [0.2, 0.25) is 5.91 Å². The van der Waals surface area contributed by atoms with E-state index >= 15 is 0 Å². The molecule has 162 valence electrons. The number of nitrogen functional groups attached to an aromatic ring is 1. The second kappa shape index (κ2) is 11.2. The van der Waals surface area contributed by atoms with Gasteiger partial charge >= 0.3 is 0 Å². The first-order valence-electron chi connectivity index (χ1n) is 9.86. The summed E-state index contributed by atoms with van der Waals surface area (Å²) in [6.45, 7) is 1.15. The Morgan fingerprint density at radius 3 is 3.00 bits per heavy atom. The lowest BCUT2D eigenvalue weighted by Crippen LogP contribution is -2.18. The third-order valence-electron chi connectivity index (χ3n) is 4.43. The maximum Gasteiger partial charge on any atom is 0.243 e. The van der Waals surface area contributed by atoms with Crippen LogP contribution in [0.2, 0.25) is 0 Å². The average Bonchev–Trinajstić information content (AvgIpc) is 3.12. The van der Waals surface area contributed by atoms with Crippen LogP contribution in [0.5, 0.6) is 5.75 Å². The lowest BCUT2D eigenvalue weighted by Gasteiger charge is -2.09. The lowest BCUT2D eigenvalue weighted by atomic mass is 10.2. The zero-order valence-electron chi connectivity index (χ0n) is 17.0. The molecule has 1 aromatic carbocycles. The Bertz CT molecular complexity index is 1080. The lowest BCUT2D eigenvalue weighted by molar-refractivity contribution is -0.129. The molecule has 0 fully saturated rings. The van der Waals surface area contributed by atoms with E-state index in [2.05, 4.69) is 20.9 Å². The van der Waals surface area contributed by atoms with E-state index in [0.29, 0.717) is 49.4 Å². The Morgan fingerprint density at radius 1 is 1.32 bits per heavy atom. The molecule has 0 saturated carbocycles. The molecular weight excluding hydrogens is 416 g/mol. The number of imidazole rings is 1. The number of hydrogen-bond donors (Lipinski definition) is 3. The Morgan fingerprint density at radius 2 is 2.19 bits per heavy atom. The van der Waals surface area contributed by atoms with Crippen LogP contribution in [0.25, 0.3) is 11.2 Å². The monoisotopic (exact) mass is 440 g/mol. The highest BCUT2D eigenvalue weighted by atomic mass is 32.2. The highest BCUT2D eigenvalue weighted by Gasteiger charge is 2.16. The van der Waals surface area contributed by atoms with Crippen LogP contribution >= 0.6 is 11.8 Å². The first-order chi connectivity index (χ1) is 15.1. The van der Waals surface area contributed by atoms with Crippen LogP contribution in [0.15, 0.2) is 40.6 Å². The fourth-order valence-electron chi connectivity index (χ4n) is 2.92. The number of hydroxylamine groups is 1. The smallest absolute Gasteiger partial charge is 0.243 e. The summed E-state index contributed by atoms with van der Waals surface area (Å²) in [6.07, 6.45) is 9.88. The molecule has 4 N–H and O–H groups in total. The predicted octanol–water partition coefficient (Wildman–Crippen LogP) is 3.03. The highest BCUT2D eigenvalue weighted by molar-refractivity contribution is 7.99. The minimum absolute atomic E-state index is 0.262. The van der Waals surface area contributed by atoms with Crippen molar-refractivity contribution in [3.05, 3.63) is 30.6 Å². The molecule has 3 rings (SSSR count). The molecule has 0 aliphatic carbocycles.